The molecule has 1 saturated heterocycles. The first-order valence-electron chi connectivity index (χ1n) is 10.4. The maximum Gasteiger partial charge on any atom is 0.338 e. The van der Waals surface area contributed by atoms with E-state index in [-0.39, 0.29) is 53.4 Å². The molecule has 6 nitrogen and oxygen atoms in total. The molecular weight excluding hydrogens is 414 g/mol. The van der Waals surface area contributed by atoms with Crippen molar-refractivity contribution in [1.82, 2.24) is 0 Å². The van der Waals surface area contributed by atoms with Crippen LogP contribution in [0.25, 0.3) is 0 Å². The molecule has 2 saturated carbocycles. The molecule has 0 spiro atoms. The molecule has 3 fully saturated rings. The number of thiophene rings is 1. The van der Waals surface area contributed by atoms with Gasteiger partial charge in [0, 0.05) is 0 Å². The first-order valence-corrected chi connectivity index (χ1v) is 11.3. The van der Waals surface area contributed by atoms with Gasteiger partial charge in [-0.25, -0.2) is 9.69 Å². The van der Waals surface area contributed by atoms with Crippen molar-refractivity contribution in [3.05, 3.63) is 64.4 Å². The summed E-state index contributed by atoms with van der Waals surface area (Å²) in [4.78, 5) is 52.8. The molecule has 1 aromatic heterocycles. The van der Waals surface area contributed by atoms with E-state index in [2.05, 4.69) is 12.2 Å². The van der Waals surface area contributed by atoms with Gasteiger partial charge in [0.1, 0.15) is 0 Å². The fraction of sp³-hybridized carbons (Fsp3) is 0.333. The molecule has 156 valence electrons. The average molecular weight is 433 g/mol. The minimum Gasteiger partial charge on any atom is -0.454 e. The maximum atomic E-state index is 13.2. The third kappa shape index (κ3) is 2.76. The van der Waals surface area contributed by atoms with Crippen molar-refractivity contribution in [3.8, 4) is 0 Å². The van der Waals surface area contributed by atoms with Gasteiger partial charge < -0.3 is 4.74 Å². The number of benzene rings is 1. The Hall–Kier alpha value is -3.06. The lowest BCUT2D eigenvalue weighted by Gasteiger charge is -2.37. The van der Waals surface area contributed by atoms with E-state index in [4.69, 9.17) is 4.74 Å². The summed E-state index contributed by atoms with van der Waals surface area (Å²) in [6.45, 7) is -0.354. The molecule has 0 unspecified atom stereocenters. The highest BCUT2D eigenvalue weighted by Crippen LogP contribution is 2.65. The van der Waals surface area contributed by atoms with E-state index in [1.165, 1.54) is 22.3 Å². The van der Waals surface area contributed by atoms with Gasteiger partial charge in [0.05, 0.1) is 28.0 Å². The van der Waals surface area contributed by atoms with Crippen LogP contribution >= 0.6 is 11.3 Å². The van der Waals surface area contributed by atoms with Gasteiger partial charge >= 0.3 is 5.97 Å². The molecule has 0 radical (unpaired) electrons. The number of nitrogens with zero attached hydrogens (tertiary/aromatic N) is 1. The van der Waals surface area contributed by atoms with Crippen molar-refractivity contribution in [2.24, 2.45) is 35.5 Å². The van der Waals surface area contributed by atoms with Crippen LogP contribution in [0.5, 0.6) is 0 Å². The SMILES string of the molecule is O=C(OCC(=O)c1cccs1)c1cccc(N2C(=O)[C@@H]3[C@H]4C=C[C@H]([C@H]5C[C@H]45)[C@@H]3C2=O)c1. The monoisotopic (exact) mass is 433 g/mol. The van der Waals surface area contributed by atoms with Gasteiger partial charge in [-0.2, -0.15) is 0 Å². The third-order valence-electron chi connectivity index (χ3n) is 7.13. The third-order valence-corrected chi connectivity index (χ3v) is 8.04. The summed E-state index contributed by atoms with van der Waals surface area (Å²) < 4.78 is 5.16. The lowest BCUT2D eigenvalue weighted by molar-refractivity contribution is -0.124. The molecule has 2 bridgehead atoms. The topological polar surface area (TPSA) is 80.8 Å². The summed E-state index contributed by atoms with van der Waals surface area (Å²) in [5.74, 6) is -0.464. The highest BCUT2D eigenvalue weighted by molar-refractivity contribution is 7.12. The van der Waals surface area contributed by atoms with Crippen LogP contribution in [0, 0.1) is 35.5 Å². The standard InChI is InChI=1S/C24H19NO5S/c26-18(19-5-2-8-31-19)11-30-24(29)12-3-1-4-13(9-12)25-22(27)20-14-6-7-15(17-10-16(14)17)21(20)23(25)28/h1-9,14-17,20-21H,10-11H2/t14-,15+,16-,17-,20+,21-/m1/s1. The Bertz CT molecular complexity index is 1120. The zero-order valence-electron chi connectivity index (χ0n) is 16.5. The minimum atomic E-state index is -0.661. The number of allylic oxidation sites excluding steroid dienone is 2. The number of anilines is 1. The molecule has 1 aliphatic heterocycles. The van der Waals surface area contributed by atoms with Gasteiger partial charge in [-0.1, -0.05) is 24.3 Å². The number of hydrogen-bond donors (Lipinski definition) is 0. The van der Waals surface area contributed by atoms with Crippen molar-refractivity contribution in [3.63, 3.8) is 0 Å². The zero-order valence-corrected chi connectivity index (χ0v) is 17.3. The van der Waals surface area contributed by atoms with Crippen molar-refractivity contribution in [1.29, 1.82) is 0 Å². The number of Topliss-reactive ketones (excluding diaryl/α,β-unsaturated/α-hetero) is 1. The largest absolute Gasteiger partial charge is 0.454 e. The Balaban J connectivity index is 1.21. The summed E-state index contributed by atoms with van der Waals surface area (Å²) in [7, 11) is 0. The number of carbonyl (C=O) groups excluding carboxylic acids is 4. The first-order chi connectivity index (χ1) is 15.0. The molecule has 5 aliphatic rings. The highest BCUT2D eigenvalue weighted by Gasteiger charge is 2.67. The molecule has 2 aromatic rings. The summed E-state index contributed by atoms with van der Waals surface area (Å²) in [5.41, 5.74) is 0.590. The summed E-state index contributed by atoms with van der Waals surface area (Å²) >= 11 is 1.29. The number of ether oxygens (including phenoxy) is 1. The van der Waals surface area contributed by atoms with E-state index in [0.29, 0.717) is 22.4 Å². The highest BCUT2D eigenvalue weighted by atomic mass is 32.1. The van der Waals surface area contributed by atoms with Crippen LogP contribution in [0.2, 0.25) is 0 Å². The quantitative estimate of drug-likeness (QED) is 0.313. The van der Waals surface area contributed by atoms with E-state index < -0.39 is 5.97 Å². The molecule has 4 aliphatic carbocycles. The minimum absolute atomic E-state index is 0.151. The number of carbonyl (C=O) groups is 4. The van der Waals surface area contributed by atoms with Crippen molar-refractivity contribution in [2.45, 2.75) is 6.42 Å². The van der Waals surface area contributed by atoms with Crippen LogP contribution in [-0.2, 0) is 14.3 Å². The van der Waals surface area contributed by atoms with Crippen molar-refractivity contribution < 1.29 is 23.9 Å². The summed E-state index contributed by atoms with van der Waals surface area (Å²) in [6.07, 6.45) is 5.38. The normalized spacial score (nSPS) is 32.1. The Labute approximate surface area is 182 Å². The molecule has 31 heavy (non-hydrogen) atoms. The Kier molecular flexibility index (Phi) is 4.05. The van der Waals surface area contributed by atoms with E-state index in [0.717, 1.165) is 6.42 Å². The van der Waals surface area contributed by atoms with Gasteiger partial charge in [0.25, 0.3) is 0 Å². The van der Waals surface area contributed by atoms with E-state index in [1.54, 1.807) is 35.7 Å². The molecule has 2 heterocycles. The maximum absolute atomic E-state index is 13.2. The molecule has 1 aromatic carbocycles. The second-order valence-corrected chi connectivity index (χ2v) is 9.64. The van der Waals surface area contributed by atoms with Crippen LogP contribution < -0.4 is 4.90 Å². The molecule has 6 atom stereocenters. The number of ketones is 1. The second-order valence-electron chi connectivity index (χ2n) is 8.69. The summed E-state index contributed by atoms with van der Waals surface area (Å²) in [5, 5.41) is 1.78. The number of amides is 2. The molecular formula is C24H19NO5S. The number of hydrogen-bond acceptors (Lipinski definition) is 6. The first kappa shape index (κ1) is 18.7. The molecule has 2 amide bonds. The fourth-order valence-corrected chi connectivity index (χ4v) is 6.36. The number of rotatable bonds is 5. The lowest BCUT2D eigenvalue weighted by atomic mass is 9.63. The zero-order chi connectivity index (χ0) is 21.3. The predicted molar refractivity (Wildman–Crippen MR) is 113 cm³/mol. The van der Waals surface area contributed by atoms with E-state index in [9.17, 15) is 19.2 Å². The van der Waals surface area contributed by atoms with Crippen LogP contribution in [0.1, 0.15) is 26.5 Å². The van der Waals surface area contributed by atoms with Gasteiger partial charge in [-0.05, 0) is 59.7 Å². The molecule has 7 rings (SSSR count). The smallest absolute Gasteiger partial charge is 0.338 e. The fourth-order valence-electron chi connectivity index (χ4n) is 5.71. The molecule has 7 heteroatoms. The van der Waals surface area contributed by atoms with E-state index >= 15 is 0 Å². The Morgan fingerprint density at radius 3 is 2.35 bits per heavy atom. The van der Waals surface area contributed by atoms with Crippen LogP contribution in [0.15, 0.2) is 53.9 Å². The van der Waals surface area contributed by atoms with Crippen LogP contribution in [-0.4, -0.2) is 30.2 Å². The Morgan fingerprint density at radius 2 is 1.71 bits per heavy atom. The van der Waals surface area contributed by atoms with Gasteiger partial charge in [0.15, 0.2) is 6.61 Å². The summed E-state index contributed by atoms with van der Waals surface area (Å²) in [6, 6.07) is 9.78. The van der Waals surface area contributed by atoms with Gasteiger partial charge in [-0.3, -0.25) is 14.4 Å². The van der Waals surface area contributed by atoms with Gasteiger partial charge in [-0.15, -0.1) is 11.3 Å². The van der Waals surface area contributed by atoms with Crippen LogP contribution in [0.4, 0.5) is 5.69 Å². The van der Waals surface area contributed by atoms with Gasteiger partial charge in [0.2, 0.25) is 17.6 Å². The van der Waals surface area contributed by atoms with Crippen molar-refractivity contribution >= 4 is 40.6 Å². The molecule has 0 N–H and O–H groups in total. The Morgan fingerprint density at radius 1 is 1.00 bits per heavy atom. The number of esters is 1. The number of imide groups is 1. The predicted octanol–water partition coefficient (Wildman–Crippen LogP) is 3.35. The average Bonchev–Trinajstić information content (AvgIpc) is 3.35. The second kappa shape index (κ2) is 6.72. The lowest BCUT2D eigenvalue weighted by Crippen LogP contribution is -2.40. The van der Waals surface area contributed by atoms with E-state index in [1.807, 2.05) is 0 Å². The van der Waals surface area contributed by atoms with Crippen molar-refractivity contribution in [2.75, 3.05) is 11.5 Å². The van der Waals surface area contributed by atoms with Crippen LogP contribution in [0.3, 0.4) is 0 Å².